The fraction of sp³-hybridized carbons (Fsp3) is 0.923. The van der Waals surface area contributed by atoms with Crippen molar-refractivity contribution in [1.82, 2.24) is 5.32 Å². The van der Waals surface area contributed by atoms with Crippen molar-refractivity contribution in [2.24, 2.45) is 11.1 Å². The first kappa shape index (κ1) is 13.5. The van der Waals surface area contributed by atoms with E-state index in [1.807, 2.05) is 6.92 Å². The molecule has 2 unspecified atom stereocenters. The van der Waals surface area contributed by atoms with Gasteiger partial charge in [0.15, 0.2) is 0 Å². The van der Waals surface area contributed by atoms with Crippen molar-refractivity contribution in [2.75, 3.05) is 0 Å². The van der Waals surface area contributed by atoms with E-state index in [-0.39, 0.29) is 11.9 Å². The quantitative estimate of drug-likeness (QED) is 0.772. The largest absolute Gasteiger partial charge is 0.353 e. The molecule has 3 heteroatoms. The Bertz CT molecular complexity index is 238. The molecule has 1 rings (SSSR count). The third-order valence-electron chi connectivity index (χ3n) is 3.54. The third kappa shape index (κ3) is 4.52. The Hall–Kier alpha value is -0.570. The van der Waals surface area contributed by atoms with E-state index in [1.54, 1.807) is 0 Å². The second-order valence-electron chi connectivity index (χ2n) is 5.90. The van der Waals surface area contributed by atoms with Crippen molar-refractivity contribution < 1.29 is 4.79 Å². The second kappa shape index (κ2) is 5.67. The first-order valence-corrected chi connectivity index (χ1v) is 6.48. The van der Waals surface area contributed by atoms with Crippen LogP contribution in [0.2, 0.25) is 0 Å². The Balaban J connectivity index is 2.33. The van der Waals surface area contributed by atoms with Crippen molar-refractivity contribution in [3.8, 4) is 0 Å². The molecule has 1 saturated carbocycles. The molecule has 0 aromatic carbocycles. The normalized spacial score (nSPS) is 26.1. The summed E-state index contributed by atoms with van der Waals surface area (Å²) in [4.78, 5) is 11.7. The number of carbonyl (C=O) groups is 1. The first-order valence-electron chi connectivity index (χ1n) is 6.48. The molecule has 0 spiro atoms. The van der Waals surface area contributed by atoms with Gasteiger partial charge < -0.3 is 11.1 Å². The zero-order chi connectivity index (χ0) is 12.2. The van der Waals surface area contributed by atoms with Crippen LogP contribution in [0.15, 0.2) is 0 Å². The highest BCUT2D eigenvalue weighted by Gasteiger charge is 2.28. The Morgan fingerprint density at radius 2 is 2.25 bits per heavy atom. The summed E-state index contributed by atoms with van der Waals surface area (Å²) in [5, 5.41) is 3.12. The predicted octanol–water partition coefficient (Wildman–Crippen LogP) is 2.20. The maximum atomic E-state index is 11.7. The number of amides is 1. The molecule has 0 aliphatic heterocycles. The number of hydrogen-bond acceptors (Lipinski definition) is 2. The lowest BCUT2D eigenvalue weighted by atomic mass is 9.75. The highest BCUT2D eigenvalue weighted by Crippen LogP contribution is 2.35. The molecular weight excluding hydrogens is 200 g/mol. The van der Waals surface area contributed by atoms with Crippen LogP contribution in [0.4, 0.5) is 0 Å². The molecule has 0 aromatic rings. The summed E-state index contributed by atoms with van der Waals surface area (Å²) in [5.41, 5.74) is 6.15. The lowest BCUT2D eigenvalue weighted by Gasteiger charge is -2.35. The van der Waals surface area contributed by atoms with Crippen LogP contribution < -0.4 is 11.1 Å². The summed E-state index contributed by atoms with van der Waals surface area (Å²) in [6, 6.07) is 0.372. The van der Waals surface area contributed by atoms with Crippen LogP contribution in [0, 0.1) is 5.41 Å². The zero-order valence-corrected chi connectivity index (χ0v) is 10.9. The van der Waals surface area contributed by atoms with Gasteiger partial charge in [-0.3, -0.25) is 4.79 Å². The van der Waals surface area contributed by atoms with Crippen LogP contribution in [0.25, 0.3) is 0 Å². The highest BCUT2D eigenvalue weighted by atomic mass is 16.1. The van der Waals surface area contributed by atoms with Crippen molar-refractivity contribution in [3.63, 3.8) is 0 Å². The maximum Gasteiger partial charge on any atom is 0.221 e. The number of nitrogens with one attached hydrogen (secondary N) is 1. The van der Waals surface area contributed by atoms with Crippen LogP contribution in [-0.2, 0) is 4.79 Å². The van der Waals surface area contributed by atoms with Gasteiger partial charge in [0.2, 0.25) is 5.91 Å². The Kier molecular flexibility index (Phi) is 4.78. The van der Waals surface area contributed by atoms with Crippen molar-refractivity contribution >= 4 is 5.91 Å². The average molecular weight is 226 g/mol. The molecule has 3 nitrogen and oxygen atoms in total. The van der Waals surface area contributed by atoms with E-state index in [1.165, 1.54) is 12.8 Å². The monoisotopic (exact) mass is 226 g/mol. The highest BCUT2D eigenvalue weighted by molar-refractivity contribution is 5.76. The molecule has 94 valence electrons. The van der Waals surface area contributed by atoms with Crippen LogP contribution in [-0.4, -0.2) is 18.0 Å². The Morgan fingerprint density at radius 3 is 2.81 bits per heavy atom. The van der Waals surface area contributed by atoms with E-state index in [0.717, 1.165) is 19.3 Å². The van der Waals surface area contributed by atoms with Gasteiger partial charge in [0, 0.05) is 18.5 Å². The Morgan fingerprint density at radius 1 is 1.56 bits per heavy atom. The molecule has 0 saturated heterocycles. The Labute approximate surface area is 99.2 Å². The fourth-order valence-electron chi connectivity index (χ4n) is 2.49. The summed E-state index contributed by atoms with van der Waals surface area (Å²) in [6.07, 6.45) is 6.04. The van der Waals surface area contributed by atoms with E-state index in [2.05, 4.69) is 19.2 Å². The average Bonchev–Trinajstić information content (AvgIpc) is 2.15. The van der Waals surface area contributed by atoms with Gasteiger partial charge in [-0.05, 0) is 31.1 Å². The van der Waals surface area contributed by atoms with E-state index in [0.29, 0.717) is 17.9 Å². The van der Waals surface area contributed by atoms with Crippen LogP contribution in [0.1, 0.15) is 59.3 Å². The molecule has 2 atom stereocenters. The van der Waals surface area contributed by atoms with Crippen molar-refractivity contribution in [1.29, 1.82) is 0 Å². The van der Waals surface area contributed by atoms with Gasteiger partial charge >= 0.3 is 0 Å². The minimum atomic E-state index is 0.0107. The van der Waals surface area contributed by atoms with Gasteiger partial charge in [-0.2, -0.15) is 0 Å². The van der Waals surface area contributed by atoms with E-state index in [4.69, 9.17) is 5.73 Å². The number of hydrogen-bond donors (Lipinski definition) is 2. The van der Waals surface area contributed by atoms with Gasteiger partial charge in [-0.15, -0.1) is 0 Å². The topological polar surface area (TPSA) is 55.1 Å². The predicted molar refractivity (Wildman–Crippen MR) is 67.1 cm³/mol. The SMILES string of the molecule is CCC(N)CC(=O)NC1CCCC(C)(C)C1. The van der Waals surface area contributed by atoms with Gasteiger partial charge in [0.25, 0.3) is 0 Å². The van der Waals surface area contributed by atoms with Gasteiger partial charge in [0.05, 0.1) is 0 Å². The molecule has 0 aromatic heterocycles. The van der Waals surface area contributed by atoms with Gasteiger partial charge in [0.1, 0.15) is 0 Å². The third-order valence-corrected chi connectivity index (χ3v) is 3.54. The first-order chi connectivity index (χ1) is 7.43. The molecule has 1 fully saturated rings. The molecule has 0 heterocycles. The lowest BCUT2D eigenvalue weighted by molar-refractivity contribution is -0.122. The maximum absolute atomic E-state index is 11.7. The minimum Gasteiger partial charge on any atom is -0.353 e. The molecule has 16 heavy (non-hydrogen) atoms. The number of rotatable bonds is 4. The van der Waals surface area contributed by atoms with Crippen LogP contribution in [0.5, 0.6) is 0 Å². The summed E-state index contributed by atoms with van der Waals surface area (Å²) in [7, 11) is 0. The summed E-state index contributed by atoms with van der Waals surface area (Å²) in [6.45, 7) is 6.58. The summed E-state index contributed by atoms with van der Waals surface area (Å²) in [5.74, 6) is 0.122. The molecule has 1 aliphatic rings. The second-order valence-corrected chi connectivity index (χ2v) is 5.90. The molecule has 3 N–H and O–H groups in total. The molecule has 0 radical (unpaired) electrons. The smallest absolute Gasteiger partial charge is 0.221 e. The summed E-state index contributed by atoms with van der Waals surface area (Å²) < 4.78 is 0. The van der Waals surface area contributed by atoms with E-state index >= 15 is 0 Å². The van der Waals surface area contributed by atoms with Crippen molar-refractivity contribution in [2.45, 2.75) is 71.4 Å². The molecule has 0 bridgehead atoms. The molecule has 1 aliphatic carbocycles. The van der Waals surface area contributed by atoms with Gasteiger partial charge in [-0.1, -0.05) is 27.2 Å². The van der Waals surface area contributed by atoms with Crippen LogP contribution >= 0.6 is 0 Å². The number of carbonyl (C=O) groups excluding carboxylic acids is 1. The van der Waals surface area contributed by atoms with Gasteiger partial charge in [-0.25, -0.2) is 0 Å². The molecular formula is C13H26N2O. The lowest BCUT2D eigenvalue weighted by Crippen LogP contribution is -2.42. The summed E-state index contributed by atoms with van der Waals surface area (Å²) >= 11 is 0. The van der Waals surface area contributed by atoms with Crippen LogP contribution in [0.3, 0.4) is 0 Å². The zero-order valence-electron chi connectivity index (χ0n) is 10.9. The standard InChI is InChI=1S/C13H26N2O/c1-4-10(14)8-12(16)15-11-6-5-7-13(2,3)9-11/h10-11H,4-9,14H2,1-3H3,(H,15,16). The van der Waals surface area contributed by atoms with Crippen molar-refractivity contribution in [3.05, 3.63) is 0 Å². The fourth-order valence-corrected chi connectivity index (χ4v) is 2.49. The number of nitrogens with two attached hydrogens (primary N) is 1. The molecule has 1 amide bonds. The van der Waals surface area contributed by atoms with E-state index in [9.17, 15) is 4.79 Å². The minimum absolute atomic E-state index is 0.0107. The van der Waals surface area contributed by atoms with E-state index < -0.39 is 0 Å².